The number of aliphatic hydroxyl groups excluding tert-OH is 1. The van der Waals surface area contributed by atoms with Crippen LogP contribution in [0.3, 0.4) is 0 Å². The van der Waals surface area contributed by atoms with Crippen LogP contribution < -0.4 is 0 Å². The molecule has 0 aromatic carbocycles. The average Bonchev–Trinajstić information content (AvgIpc) is 1.97. The van der Waals surface area contributed by atoms with Crippen molar-refractivity contribution in [3.8, 4) is 0 Å². The van der Waals surface area contributed by atoms with Crippen molar-refractivity contribution in [1.82, 2.24) is 4.90 Å². The molecule has 0 aromatic rings. The topological polar surface area (TPSA) is 23.5 Å². The van der Waals surface area contributed by atoms with Crippen LogP contribution in [0.25, 0.3) is 0 Å². The monoisotopic (exact) mass is 185 g/mol. The first kappa shape index (κ1) is 12.7. The highest BCUT2D eigenvalue weighted by atomic mass is 16.3. The highest BCUT2D eigenvalue weighted by Gasteiger charge is 2.24. The molecule has 2 nitrogen and oxygen atoms in total. The van der Waals surface area contributed by atoms with Crippen molar-refractivity contribution in [2.75, 3.05) is 0 Å². The molecule has 0 heterocycles. The molecular weight excluding hydrogens is 162 g/mol. The fraction of sp³-hybridized carbons (Fsp3) is 0.818. The maximum absolute atomic E-state index is 9.57. The average molecular weight is 185 g/mol. The van der Waals surface area contributed by atoms with Gasteiger partial charge in [0.2, 0.25) is 0 Å². The standard InChI is InChI=1S/C11H23NO/c1-7-11(10(6)13)12(8(2)3)9(4)5/h7-11,13H,1H2,2-6H3. The molecule has 2 unspecified atom stereocenters. The van der Waals surface area contributed by atoms with Gasteiger partial charge in [-0.15, -0.1) is 6.58 Å². The zero-order valence-corrected chi connectivity index (χ0v) is 9.49. The Morgan fingerprint density at radius 3 is 1.54 bits per heavy atom. The normalized spacial score (nSPS) is 16.7. The third kappa shape index (κ3) is 3.49. The lowest BCUT2D eigenvalue weighted by Crippen LogP contribution is -2.48. The minimum absolute atomic E-state index is 0.0556. The van der Waals surface area contributed by atoms with Crippen LogP contribution in [0.1, 0.15) is 34.6 Å². The SMILES string of the molecule is C=CC(C(C)O)N(C(C)C)C(C)C. The number of hydrogen-bond donors (Lipinski definition) is 1. The van der Waals surface area contributed by atoms with Crippen molar-refractivity contribution in [2.24, 2.45) is 0 Å². The molecule has 0 saturated heterocycles. The highest BCUT2D eigenvalue weighted by Crippen LogP contribution is 2.14. The van der Waals surface area contributed by atoms with E-state index in [1.807, 2.05) is 13.0 Å². The smallest absolute Gasteiger partial charge is 0.0703 e. The van der Waals surface area contributed by atoms with Crippen molar-refractivity contribution in [2.45, 2.75) is 58.8 Å². The van der Waals surface area contributed by atoms with E-state index in [1.54, 1.807) is 0 Å². The summed E-state index contributed by atoms with van der Waals surface area (Å²) in [5.41, 5.74) is 0. The highest BCUT2D eigenvalue weighted by molar-refractivity contribution is 4.94. The Hall–Kier alpha value is -0.340. The van der Waals surface area contributed by atoms with Crippen LogP contribution >= 0.6 is 0 Å². The molecule has 78 valence electrons. The van der Waals surface area contributed by atoms with E-state index in [4.69, 9.17) is 0 Å². The van der Waals surface area contributed by atoms with E-state index >= 15 is 0 Å². The summed E-state index contributed by atoms with van der Waals surface area (Å²) >= 11 is 0. The molecule has 13 heavy (non-hydrogen) atoms. The molecule has 0 fully saturated rings. The largest absolute Gasteiger partial charge is 0.391 e. The lowest BCUT2D eigenvalue weighted by molar-refractivity contribution is 0.0464. The minimum Gasteiger partial charge on any atom is -0.391 e. The molecule has 0 bridgehead atoms. The molecule has 0 radical (unpaired) electrons. The van der Waals surface area contributed by atoms with E-state index in [2.05, 4.69) is 39.2 Å². The van der Waals surface area contributed by atoms with Gasteiger partial charge in [0.05, 0.1) is 12.1 Å². The molecule has 2 heteroatoms. The summed E-state index contributed by atoms with van der Waals surface area (Å²) in [6.45, 7) is 14.1. The summed E-state index contributed by atoms with van der Waals surface area (Å²) < 4.78 is 0. The van der Waals surface area contributed by atoms with Gasteiger partial charge in [0.25, 0.3) is 0 Å². The second-order valence-corrected chi connectivity index (χ2v) is 4.10. The van der Waals surface area contributed by atoms with Gasteiger partial charge < -0.3 is 5.11 Å². The van der Waals surface area contributed by atoms with Crippen LogP contribution in [0.5, 0.6) is 0 Å². The lowest BCUT2D eigenvalue weighted by atomic mass is 10.1. The van der Waals surface area contributed by atoms with Crippen molar-refractivity contribution in [3.05, 3.63) is 12.7 Å². The molecular formula is C11H23NO. The molecule has 1 N–H and O–H groups in total. The van der Waals surface area contributed by atoms with Gasteiger partial charge in [0.1, 0.15) is 0 Å². The van der Waals surface area contributed by atoms with Crippen LogP contribution in [0, 0.1) is 0 Å². The van der Waals surface area contributed by atoms with Gasteiger partial charge in [-0.05, 0) is 34.6 Å². The van der Waals surface area contributed by atoms with Crippen molar-refractivity contribution < 1.29 is 5.11 Å². The summed E-state index contributed by atoms with van der Waals surface area (Å²) in [5, 5.41) is 9.57. The molecule has 0 aliphatic heterocycles. The van der Waals surface area contributed by atoms with Crippen molar-refractivity contribution in [3.63, 3.8) is 0 Å². The molecule has 0 amide bonds. The van der Waals surface area contributed by atoms with E-state index in [1.165, 1.54) is 0 Å². The van der Waals surface area contributed by atoms with Gasteiger partial charge in [-0.2, -0.15) is 0 Å². The summed E-state index contributed by atoms with van der Waals surface area (Å²) in [4.78, 5) is 2.26. The fourth-order valence-corrected chi connectivity index (χ4v) is 1.85. The first-order valence-corrected chi connectivity index (χ1v) is 4.99. The van der Waals surface area contributed by atoms with Crippen LogP contribution in [0.2, 0.25) is 0 Å². The molecule has 0 aliphatic rings. The maximum Gasteiger partial charge on any atom is 0.0703 e. The Morgan fingerprint density at radius 1 is 1.08 bits per heavy atom. The Labute approximate surface area is 82.3 Å². The van der Waals surface area contributed by atoms with Gasteiger partial charge in [-0.1, -0.05) is 6.08 Å². The van der Waals surface area contributed by atoms with Crippen LogP contribution in [0.4, 0.5) is 0 Å². The summed E-state index contributed by atoms with van der Waals surface area (Å²) in [5.74, 6) is 0. The molecule has 0 aliphatic carbocycles. The first-order valence-electron chi connectivity index (χ1n) is 4.99. The van der Waals surface area contributed by atoms with Crippen LogP contribution in [-0.4, -0.2) is 34.2 Å². The molecule has 2 atom stereocenters. The molecule has 0 saturated carbocycles. The van der Waals surface area contributed by atoms with E-state index in [0.29, 0.717) is 12.1 Å². The Bertz CT molecular complexity index is 144. The van der Waals surface area contributed by atoms with Crippen LogP contribution in [-0.2, 0) is 0 Å². The van der Waals surface area contributed by atoms with Gasteiger partial charge in [-0.3, -0.25) is 4.90 Å². The van der Waals surface area contributed by atoms with E-state index < -0.39 is 0 Å². The number of aliphatic hydroxyl groups is 1. The van der Waals surface area contributed by atoms with E-state index in [-0.39, 0.29) is 12.1 Å². The van der Waals surface area contributed by atoms with Crippen molar-refractivity contribution >= 4 is 0 Å². The fourth-order valence-electron chi connectivity index (χ4n) is 1.85. The maximum atomic E-state index is 9.57. The minimum atomic E-state index is -0.359. The van der Waals surface area contributed by atoms with Gasteiger partial charge in [0, 0.05) is 12.1 Å². The number of rotatable bonds is 5. The predicted molar refractivity (Wildman–Crippen MR) is 57.8 cm³/mol. The third-order valence-electron chi connectivity index (χ3n) is 2.27. The first-order chi connectivity index (χ1) is 5.91. The molecule has 0 spiro atoms. The zero-order chi connectivity index (χ0) is 10.6. The quantitative estimate of drug-likeness (QED) is 0.663. The summed E-state index contributed by atoms with van der Waals surface area (Å²) in [6, 6.07) is 0.912. The van der Waals surface area contributed by atoms with Crippen LogP contribution in [0.15, 0.2) is 12.7 Å². The van der Waals surface area contributed by atoms with Gasteiger partial charge >= 0.3 is 0 Å². The zero-order valence-electron chi connectivity index (χ0n) is 9.49. The molecule has 0 aromatic heterocycles. The summed E-state index contributed by atoms with van der Waals surface area (Å²) in [6.07, 6.45) is 1.47. The Morgan fingerprint density at radius 2 is 1.46 bits per heavy atom. The number of hydrogen-bond acceptors (Lipinski definition) is 2. The van der Waals surface area contributed by atoms with Gasteiger partial charge in [0.15, 0.2) is 0 Å². The lowest BCUT2D eigenvalue weighted by Gasteiger charge is -2.38. The Kier molecular flexibility index (Phi) is 5.26. The second-order valence-electron chi connectivity index (χ2n) is 4.10. The van der Waals surface area contributed by atoms with E-state index in [0.717, 1.165) is 0 Å². The second kappa shape index (κ2) is 5.40. The van der Waals surface area contributed by atoms with Gasteiger partial charge in [-0.25, -0.2) is 0 Å². The van der Waals surface area contributed by atoms with Crippen molar-refractivity contribution in [1.29, 1.82) is 0 Å². The van der Waals surface area contributed by atoms with E-state index in [9.17, 15) is 5.11 Å². The molecule has 0 rings (SSSR count). The summed E-state index contributed by atoms with van der Waals surface area (Å²) in [7, 11) is 0. The number of nitrogens with zero attached hydrogens (tertiary/aromatic N) is 1. The Balaban J connectivity index is 4.58. The third-order valence-corrected chi connectivity index (χ3v) is 2.27. The predicted octanol–water partition coefficient (Wildman–Crippen LogP) is 2.04.